The maximum Gasteiger partial charge on any atom is 0.236 e. The molecule has 1 aliphatic rings. The molecule has 3 aromatic carbocycles. The summed E-state index contributed by atoms with van der Waals surface area (Å²) in [6.45, 7) is 0. The maximum atomic E-state index is 12.7. The van der Waals surface area contributed by atoms with Crippen molar-refractivity contribution >= 4 is 29.1 Å². The predicted octanol–water partition coefficient (Wildman–Crippen LogP) is 4.73. The van der Waals surface area contributed by atoms with Crippen molar-refractivity contribution in [2.75, 3.05) is 18.2 Å². The first kappa shape index (κ1) is 21.0. The minimum Gasteiger partial charge on any atom is -0.504 e. The van der Waals surface area contributed by atoms with Gasteiger partial charge in [-0.3, -0.25) is 9.59 Å². The zero-order valence-electron chi connectivity index (χ0n) is 17.1. The third-order valence-corrected chi connectivity index (χ3v) is 6.53. The van der Waals surface area contributed by atoms with Gasteiger partial charge in [0.1, 0.15) is 5.92 Å². The van der Waals surface area contributed by atoms with Gasteiger partial charge in [0.15, 0.2) is 17.3 Å². The quantitative estimate of drug-likeness (QED) is 0.550. The van der Waals surface area contributed by atoms with Crippen molar-refractivity contribution in [3.8, 4) is 11.5 Å². The van der Waals surface area contributed by atoms with E-state index in [0.29, 0.717) is 22.8 Å². The summed E-state index contributed by atoms with van der Waals surface area (Å²) in [6.07, 6.45) is 1.57. The first-order valence-corrected chi connectivity index (χ1v) is 11.1. The van der Waals surface area contributed by atoms with Crippen LogP contribution in [0.3, 0.4) is 0 Å². The smallest absolute Gasteiger partial charge is 0.236 e. The summed E-state index contributed by atoms with van der Waals surface area (Å²) < 4.78 is 5.07. The van der Waals surface area contributed by atoms with Gasteiger partial charge in [0.05, 0.1) is 7.11 Å². The summed E-state index contributed by atoms with van der Waals surface area (Å²) in [5.74, 6) is -0.0191. The van der Waals surface area contributed by atoms with E-state index in [4.69, 9.17) is 4.74 Å². The van der Waals surface area contributed by atoms with Crippen molar-refractivity contribution in [3.05, 3.63) is 83.4 Å². The van der Waals surface area contributed by atoms with Crippen LogP contribution in [0.1, 0.15) is 21.5 Å². The second-order valence-electron chi connectivity index (χ2n) is 7.42. The largest absolute Gasteiger partial charge is 0.504 e. The topological polar surface area (TPSA) is 75.6 Å². The molecule has 0 aromatic heterocycles. The highest BCUT2D eigenvalue weighted by Gasteiger charge is 2.33. The van der Waals surface area contributed by atoms with Gasteiger partial charge in [-0.15, -0.1) is 11.8 Å². The molecule has 0 fully saturated rings. The number of carbonyl (C=O) groups is 2. The predicted molar refractivity (Wildman–Crippen MR) is 122 cm³/mol. The van der Waals surface area contributed by atoms with Gasteiger partial charge < -0.3 is 15.2 Å². The molecule has 4 rings (SSSR count). The second kappa shape index (κ2) is 9.27. The fourth-order valence-electron chi connectivity index (χ4n) is 3.59. The Bertz CT molecular complexity index is 1110. The number of aromatic hydroxyl groups is 1. The van der Waals surface area contributed by atoms with Gasteiger partial charge in [0, 0.05) is 21.9 Å². The number of anilines is 1. The Kier molecular flexibility index (Phi) is 6.28. The van der Waals surface area contributed by atoms with Crippen LogP contribution in [-0.2, 0) is 17.6 Å². The average Bonchev–Trinajstić information content (AvgIpc) is 2.79. The maximum absolute atomic E-state index is 12.7. The number of hydrogen-bond donors (Lipinski definition) is 2. The van der Waals surface area contributed by atoms with Crippen LogP contribution in [0.4, 0.5) is 5.69 Å². The van der Waals surface area contributed by atoms with Crippen molar-refractivity contribution in [2.24, 2.45) is 5.92 Å². The highest BCUT2D eigenvalue weighted by molar-refractivity contribution is 7.99. The Labute approximate surface area is 185 Å². The number of ketones is 1. The van der Waals surface area contributed by atoms with Gasteiger partial charge >= 0.3 is 0 Å². The van der Waals surface area contributed by atoms with Crippen molar-refractivity contribution < 1.29 is 19.4 Å². The van der Waals surface area contributed by atoms with Gasteiger partial charge in [-0.25, -0.2) is 0 Å². The number of phenolic OH excluding ortho intramolecular Hbond substituents is 1. The van der Waals surface area contributed by atoms with Crippen molar-refractivity contribution in [2.45, 2.75) is 17.7 Å². The Hall–Kier alpha value is -3.25. The molecule has 1 unspecified atom stereocenters. The first-order chi connectivity index (χ1) is 15.0. The fraction of sp³-hybridized carbons (Fsp3) is 0.200. The molecule has 0 spiro atoms. The Morgan fingerprint density at radius 1 is 1.06 bits per heavy atom. The second-order valence-corrected chi connectivity index (χ2v) is 8.48. The molecule has 1 amide bonds. The Morgan fingerprint density at radius 2 is 1.77 bits per heavy atom. The minimum atomic E-state index is -0.678. The number of thioether (sulfide) groups is 1. The molecule has 0 aliphatic carbocycles. The Balaban J connectivity index is 1.35. The molecule has 0 saturated carbocycles. The summed E-state index contributed by atoms with van der Waals surface area (Å²) in [7, 11) is 1.52. The lowest BCUT2D eigenvalue weighted by molar-refractivity contribution is -0.118. The van der Waals surface area contributed by atoms with Crippen LogP contribution in [-0.4, -0.2) is 29.7 Å². The van der Waals surface area contributed by atoms with Gasteiger partial charge in [-0.1, -0.05) is 36.4 Å². The molecule has 3 aromatic rings. The highest BCUT2D eigenvalue weighted by Crippen LogP contribution is 2.33. The number of methoxy groups -OCH3 is 1. The van der Waals surface area contributed by atoms with Crippen LogP contribution in [0, 0.1) is 5.92 Å². The normalized spacial score (nSPS) is 15.3. The average molecular weight is 434 g/mol. The van der Waals surface area contributed by atoms with Gasteiger partial charge in [0.25, 0.3) is 0 Å². The van der Waals surface area contributed by atoms with Crippen LogP contribution in [0.25, 0.3) is 0 Å². The number of rotatable bonds is 6. The zero-order valence-corrected chi connectivity index (χ0v) is 17.9. The number of amides is 1. The number of hydrogen-bond acceptors (Lipinski definition) is 5. The number of Topliss-reactive ketones (excluding diaryl/α,β-unsaturated/α-hetero) is 1. The molecule has 2 N–H and O–H groups in total. The van der Waals surface area contributed by atoms with Crippen molar-refractivity contribution in [1.82, 2.24) is 0 Å². The van der Waals surface area contributed by atoms with Crippen LogP contribution in [0.15, 0.2) is 71.6 Å². The summed E-state index contributed by atoms with van der Waals surface area (Å²) in [6, 6.07) is 20.5. The molecule has 1 atom stereocenters. The van der Waals surface area contributed by atoms with E-state index in [1.807, 2.05) is 48.5 Å². The number of aryl methyl sites for hydroxylation is 2. The van der Waals surface area contributed by atoms with E-state index in [1.54, 1.807) is 30.0 Å². The van der Waals surface area contributed by atoms with E-state index in [-0.39, 0.29) is 17.4 Å². The Morgan fingerprint density at radius 3 is 2.52 bits per heavy atom. The lowest BCUT2D eigenvalue weighted by Crippen LogP contribution is -2.34. The minimum absolute atomic E-state index is 0.119. The van der Waals surface area contributed by atoms with Crippen molar-refractivity contribution in [3.63, 3.8) is 0 Å². The molecule has 5 nitrogen and oxygen atoms in total. The molecular formula is C25H23NO4S. The molecule has 6 heteroatoms. The highest BCUT2D eigenvalue weighted by atomic mass is 32.2. The van der Waals surface area contributed by atoms with E-state index in [1.165, 1.54) is 7.11 Å². The fourth-order valence-corrected chi connectivity index (χ4v) is 4.74. The van der Waals surface area contributed by atoms with Gasteiger partial charge in [-0.2, -0.15) is 0 Å². The standard InChI is InChI=1S/C25H23NO4S/c1-30-22-13-10-17(14-21(22)27)7-6-16-8-11-18(12-9-16)26-25(29)20-15-31-23-5-3-2-4-19(23)24(20)28/h2-5,8-14,20,27H,6-7,15H2,1H3,(H,26,29). The summed E-state index contributed by atoms with van der Waals surface area (Å²) >= 11 is 1.54. The molecular weight excluding hydrogens is 410 g/mol. The van der Waals surface area contributed by atoms with Crippen LogP contribution in [0.2, 0.25) is 0 Å². The molecule has 0 radical (unpaired) electrons. The molecule has 1 aliphatic heterocycles. The van der Waals surface area contributed by atoms with Crippen LogP contribution >= 0.6 is 11.8 Å². The SMILES string of the molecule is COc1ccc(CCc2ccc(NC(=O)C3CSc4ccccc4C3=O)cc2)cc1O. The monoisotopic (exact) mass is 433 g/mol. The zero-order chi connectivity index (χ0) is 21.8. The third-order valence-electron chi connectivity index (χ3n) is 5.36. The molecule has 0 saturated heterocycles. The van der Waals surface area contributed by atoms with Crippen LogP contribution in [0.5, 0.6) is 11.5 Å². The van der Waals surface area contributed by atoms with Crippen molar-refractivity contribution in [1.29, 1.82) is 0 Å². The number of ether oxygens (including phenoxy) is 1. The lowest BCUT2D eigenvalue weighted by atomic mass is 9.97. The number of phenols is 1. The van der Waals surface area contributed by atoms with Gasteiger partial charge in [0.2, 0.25) is 5.91 Å². The van der Waals surface area contributed by atoms with E-state index in [0.717, 1.165) is 28.9 Å². The molecule has 31 heavy (non-hydrogen) atoms. The number of carbonyl (C=O) groups excluding carboxylic acids is 2. The number of fused-ring (bicyclic) bond motifs is 1. The summed E-state index contributed by atoms with van der Waals surface area (Å²) in [4.78, 5) is 26.3. The molecule has 158 valence electrons. The summed E-state index contributed by atoms with van der Waals surface area (Å²) in [5.41, 5.74) is 3.43. The van der Waals surface area contributed by atoms with E-state index in [9.17, 15) is 14.7 Å². The molecule has 0 bridgehead atoms. The first-order valence-electron chi connectivity index (χ1n) is 10.1. The number of nitrogens with one attached hydrogen (secondary N) is 1. The summed E-state index contributed by atoms with van der Waals surface area (Å²) in [5, 5.41) is 12.8. The molecule has 1 heterocycles. The van der Waals surface area contributed by atoms with E-state index < -0.39 is 5.92 Å². The van der Waals surface area contributed by atoms with E-state index >= 15 is 0 Å². The lowest BCUT2D eigenvalue weighted by Gasteiger charge is -2.22. The third kappa shape index (κ3) is 4.75. The van der Waals surface area contributed by atoms with Crippen LogP contribution < -0.4 is 10.1 Å². The van der Waals surface area contributed by atoms with E-state index in [2.05, 4.69) is 5.32 Å². The van der Waals surface area contributed by atoms with Gasteiger partial charge in [-0.05, 0) is 54.3 Å². The number of benzene rings is 3.